The second kappa shape index (κ2) is 31.9. The van der Waals surface area contributed by atoms with Gasteiger partial charge in [0, 0.05) is 13.8 Å². The third-order valence-corrected chi connectivity index (χ3v) is 27.1. The Morgan fingerprint density at radius 1 is 0.537 bits per heavy atom. The van der Waals surface area contributed by atoms with Crippen LogP contribution in [-0.2, 0) is 85.4 Å². The smallest absolute Gasteiger partial charge is 0.315 e. The summed E-state index contributed by atoms with van der Waals surface area (Å²) in [5.74, 6) is -2.35. The van der Waals surface area contributed by atoms with Gasteiger partial charge in [0.05, 0.1) is 64.4 Å². The quantitative estimate of drug-likeness (QED) is 0.0290. The third-order valence-electron chi connectivity index (χ3n) is 27.1. The van der Waals surface area contributed by atoms with E-state index in [1.807, 2.05) is 0 Å². The van der Waals surface area contributed by atoms with Crippen molar-refractivity contribution in [2.24, 2.45) is 50.2 Å². The van der Waals surface area contributed by atoms with Crippen molar-refractivity contribution >= 4 is 17.8 Å². The summed E-state index contributed by atoms with van der Waals surface area (Å²) in [7, 11) is 0. The monoisotopic (exact) mass is 1550 g/mol. The van der Waals surface area contributed by atoms with Gasteiger partial charge < -0.3 is 163 Å². The van der Waals surface area contributed by atoms with Gasteiger partial charge in [-0.2, -0.15) is 0 Å². The second-order valence-electron chi connectivity index (χ2n) is 34.6. The van der Waals surface area contributed by atoms with Crippen LogP contribution in [0.25, 0.3) is 0 Å². The fraction of sp³-hybridized carbons (Fsp3) is 0.931. The topological polar surface area (TPSA) is 546 Å². The van der Waals surface area contributed by atoms with Crippen molar-refractivity contribution in [3.8, 4) is 0 Å². The molecule has 7 heterocycles. The van der Waals surface area contributed by atoms with E-state index in [-0.39, 0.29) is 34.0 Å². The van der Waals surface area contributed by atoms with Crippen LogP contribution in [0, 0.1) is 50.2 Å². The summed E-state index contributed by atoms with van der Waals surface area (Å²) in [6.07, 6.45) is -37.0. The maximum atomic E-state index is 15.8. The fourth-order valence-corrected chi connectivity index (χ4v) is 20.3. The van der Waals surface area contributed by atoms with E-state index in [9.17, 15) is 96.4 Å². The Hall–Kier alpha value is -3.05. The van der Waals surface area contributed by atoms with E-state index in [4.69, 9.17) is 71.1 Å². The van der Waals surface area contributed by atoms with Gasteiger partial charge in [0.1, 0.15) is 134 Å². The van der Waals surface area contributed by atoms with E-state index >= 15 is 4.79 Å². The summed E-state index contributed by atoms with van der Waals surface area (Å²) in [5, 5.41) is 189. The van der Waals surface area contributed by atoms with Crippen LogP contribution in [0.4, 0.5) is 0 Å². The van der Waals surface area contributed by atoms with Crippen LogP contribution < -0.4 is 5.32 Å². The minimum Gasteiger partial charge on any atom is -0.463 e. The van der Waals surface area contributed by atoms with Crippen molar-refractivity contribution in [1.82, 2.24) is 5.32 Å². The van der Waals surface area contributed by atoms with Gasteiger partial charge in [-0.15, -0.1) is 0 Å². The Morgan fingerprint density at radius 3 is 1.84 bits per heavy atom. The van der Waals surface area contributed by atoms with Crippen LogP contribution in [0.3, 0.4) is 0 Å². The number of rotatable bonds is 21. The highest BCUT2D eigenvalue weighted by molar-refractivity contribution is 5.79. The number of amides is 1. The van der Waals surface area contributed by atoms with Crippen molar-refractivity contribution in [3.63, 3.8) is 0 Å². The zero-order chi connectivity index (χ0) is 78.7. The number of nitrogens with one attached hydrogen (secondary N) is 1. The lowest BCUT2D eigenvalue weighted by molar-refractivity contribution is -0.364. The highest BCUT2D eigenvalue weighted by Gasteiger charge is 2.71. The Labute approximate surface area is 624 Å². The minimum absolute atomic E-state index is 0.0254. The molecule has 0 aromatic heterocycles. The first kappa shape index (κ1) is 84.4. The predicted molar refractivity (Wildman–Crippen MR) is 358 cm³/mol. The SMILES string of the molecule is CC(=O)N[C@H]1[C@H](O[C@H]2CC[C@]3(C)[C@H]4CC=C5[C@@H]6CC(C)(C)CC[C@]6(C(=O)O[C@@H]6O[C@H](COC(C)=O)[C@@H](O)[C@H](O)[C@H]6O[C@@H]6OC[C@](O)(CO[C@@H]7OC[C@](O)(CO)[C@H]7O)[C@H]6O)CC[C@@]5(C)[C@]4(C)CC[C@H]3C2(C)C)O[C@H](CO[C@@H]2OC[C@H](O)[C@H](O[C@@H]3OC[C@@H](O)[C@H](O)[C@H]3O)[C@H]2O)[C@@H](O[C@@H]2O[C@H](CO)[C@@H](O)[C@H](O)[C@H]2O)[C@@H]1O. The third kappa shape index (κ3) is 15.2. The summed E-state index contributed by atoms with van der Waals surface area (Å²) >= 11 is 0. The number of aliphatic hydroxyl groups excluding tert-OH is 15. The molecule has 37 atom stereocenters. The maximum Gasteiger partial charge on any atom is 0.315 e. The second-order valence-corrected chi connectivity index (χ2v) is 34.6. The summed E-state index contributed by atoms with van der Waals surface area (Å²) in [6, 6.07) is -1.42. The van der Waals surface area contributed by atoms with Gasteiger partial charge in [-0.3, -0.25) is 14.4 Å². The number of aliphatic hydroxyl groups is 17. The Kier molecular flexibility index (Phi) is 24.9. The fourth-order valence-electron chi connectivity index (χ4n) is 20.3. The standard InChI is InChI=1S/C72H115NO35/c1-30(76)73-42-46(83)53(106-60-50(87)47(84)44(81)36(21-74)101-60)38(25-97-58-51(88)52(35(79)23-95-58)105-59-49(86)43(80)34(78)22-96-59)103-57(42)104-41-13-14-67(7)39(66(41,5)6)12-15-69(9)40(67)11-10-32-33-20-65(3,4)16-18-70(33,19-17-68(32,69)8)64(91)108-61-54(48(85)45(82)37(102-61)24-94-31(2)77)107-63-56(90)72(93,29-100-63)28-99-62-55(89)71(92,26-75)27-98-62/h10,33-63,74-75,78-90,92-93H,11-29H2,1-9H3,(H,73,76)/t33-,34+,35-,36+,37+,38+,39-,40+,41-,42+,43-,44+,45+,46+,47-,48-,49+,50+,51+,52-,53+,54+,55-,56-,57-,58-,59-,60-,61-,62-,63-,67-,68+,69+,70-,71+,72+/m0/s1. The van der Waals surface area contributed by atoms with Crippen molar-refractivity contribution in [2.75, 3.05) is 59.5 Å². The first-order valence-electron chi connectivity index (χ1n) is 37.7. The number of carbonyl (C=O) groups excluding carboxylic acids is 3. The maximum absolute atomic E-state index is 15.8. The average molecular weight is 1550 g/mol. The molecule has 108 heavy (non-hydrogen) atoms. The molecular formula is C72H115NO35. The van der Waals surface area contributed by atoms with Crippen molar-refractivity contribution < 1.29 is 172 Å². The van der Waals surface area contributed by atoms with Gasteiger partial charge in [-0.1, -0.05) is 60.1 Å². The van der Waals surface area contributed by atoms with Crippen LogP contribution in [0.1, 0.15) is 127 Å². The number of esters is 2. The largest absolute Gasteiger partial charge is 0.463 e. The number of fused-ring (bicyclic) bond motifs is 7. The van der Waals surface area contributed by atoms with Gasteiger partial charge >= 0.3 is 11.9 Å². The molecule has 12 rings (SSSR count). The summed E-state index contributed by atoms with van der Waals surface area (Å²) in [5.41, 5.74) is -6.49. The molecule has 618 valence electrons. The number of hydrogen-bond acceptors (Lipinski definition) is 35. The van der Waals surface area contributed by atoms with Crippen molar-refractivity contribution in [1.29, 1.82) is 0 Å². The molecule has 1 amide bonds. The number of hydrogen-bond donors (Lipinski definition) is 18. The van der Waals surface area contributed by atoms with E-state index in [0.29, 0.717) is 51.4 Å². The molecule has 0 radical (unpaired) electrons. The van der Waals surface area contributed by atoms with Gasteiger partial charge in [-0.25, -0.2) is 0 Å². The molecule has 5 aliphatic carbocycles. The highest BCUT2D eigenvalue weighted by Crippen LogP contribution is 2.76. The molecule has 0 aromatic carbocycles. The first-order chi connectivity index (χ1) is 50.6. The van der Waals surface area contributed by atoms with E-state index in [1.54, 1.807) is 0 Å². The molecule has 0 spiro atoms. The molecule has 11 fully saturated rings. The van der Waals surface area contributed by atoms with Crippen LogP contribution in [0.2, 0.25) is 0 Å². The summed E-state index contributed by atoms with van der Waals surface area (Å²) < 4.78 is 89.4. The Morgan fingerprint density at radius 2 is 1.16 bits per heavy atom. The lowest BCUT2D eigenvalue weighted by Crippen LogP contribution is -2.69. The molecule has 36 nitrogen and oxygen atoms in total. The van der Waals surface area contributed by atoms with Crippen LogP contribution in [0.5, 0.6) is 0 Å². The van der Waals surface area contributed by atoms with Gasteiger partial charge in [0.25, 0.3) is 0 Å². The minimum atomic E-state index is -2.26. The van der Waals surface area contributed by atoms with E-state index in [0.717, 1.165) is 25.3 Å². The van der Waals surface area contributed by atoms with Crippen LogP contribution in [-0.4, -0.2) is 347 Å². The number of allylic oxidation sites excluding steroid dienone is 2. The van der Waals surface area contributed by atoms with Crippen LogP contribution >= 0.6 is 0 Å². The molecule has 0 bridgehead atoms. The van der Waals surface area contributed by atoms with Crippen LogP contribution in [0.15, 0.2) is 11.6 Å². The molecule has 36 heteroatoms. The van der Waals surface area contributed by atoms with Gasteiger partial charge in [0.2, 0.25) is 12.2 Å². The zero-order valence-corrected chi connectivity index (χ0v) is 62.4. The van der Waals surface area contributed by atoms with E-state index in [2.05, 4.69) is 59.9 Å². The first-order valence-corrected chi connectivity index (χ1v) is 37.7. The van der Waals surface area contributed by atoms with Crippen molar-refractivity contribution in [2.45, 2.75) is 310 Å². The Balaban J connectivity index is 0.777. The van der Waals surface area contributed by atoms with Crippen molar-refractivity contribution in [3.05, 3.63) is 11.6 Å². The highest BCUT2D eigenvalue weighted by atomic mass is 16.8. The molecule has 0 unspecified atom stereocenters. The predicted octanol–water partition coefficient (Wildman–Crippen LogP) is -5.29. The lowest BCUT2D eigenvalue weighted by atomic mass is 9.33. The normalized spacial score (nSPS) is 51.3. The molecule has 7 aliphatic heterocycles. The average Bonchev–Trinajstić information content (AvgIpc) is 0.735. The summed E-state index contributed by atoms with van der Waals surface area (Å²) in [4.78, 5) is 41.1. The van der Waals surface area contributed by atoms with E-state index < -0.39 is 277 Å². The van der Waals surface area contributed by atoms with E-state index in [1.165, 1.54) is 6.92 Å². The molecule has 7 saturated heterocycles. The lowest BCUT2D eigenvalue weighted by Gasteiger charge is -2.71. The molecular weight excluding hydrogens is 1440 g/mol. The van der Waals surface area contributed by atoms with Gasteiger partial charge in [-0.05, 0) is 109 Å². The molecule has 4 saturated carbocycles. The Bertz CT molecular complexity index is 3170. The summed E-state index contributed by atoms with van der Waals surface area (Å²) in [6.45, 7) is 12.2. The zero-order valence-electron chi connectivity index (χ0n) is 62.4. The molecule has 0 aromatic rings. The molecule has 12 aliphatic rings. The number of carbonyl (C=O) groups is 3. The van der Waals surface area contributed by atoms with Gasteiger partial charge in [0.15, 0.2) is 43.8 Å². The number of ether oxygens (including phenoxy) is 15. The molecule has 18 N–H and O–H groups in total.